The standard InChI is InChI=1S/C14H16FN3OS/c1-7-4-12(10(9(3)16)6-11(7)15)20-14-17-8(2)5-13(19)18-14/h4-6,9H,16H2,1-3H3,(H,17,18,19). The van der Waals surface area contributed by atoms with E-state index in [4.69, 9.17) is 5.73 Å². The number of halogens is 1. The quantitative estimate of drug-likeness (QED) is 0.854. The molecule has 0 bridgehead atoms. The van der Waals surface area contributed by atoms with Gasteiger partial charge in [0.05, 0.1) is 0 Å². The van der Waals surface area contributed by atoms with Crippen molar-refractivity contribution in [2.24, 2.45) is 5.73 Å². The Hall–Kier alpha value is -1.66. The van der Waals surface area contributed by atoms with Gasteiger partial charge in [0.15, 0.2) is 5.16 Å². The topological polar surface area (TPSA) is 71.8 Å². The summed E-state index contributed by atoms with van der Waals surface area (Å²) in [5.41, 5.74) is 7.53. The van der Waals surface area contributed by atoms with Gasteiger partial charge in [0.2, 0.25) is 0 Å². The van der Waals surface area contributed by atoms with Crippen LogP contribution in [0, 0.1) is 19.7 Å². The average Bonchev–Trinajstić information content (AvgIpc) is 2.31. The minimum absolute atomic E-state index is 0.207. The molecule has 0 aliphatic carbocycles. The number of hydrogen-bond acceptors (Lipinski definition) is 4. The summed E-state index contributed by atoms with van der Waals surface area (Å²) >= 11 is 1.28. The number of nitrogens with two attached hydrogens (primary N) is 1. The highest BCUT2D eigenvalue weighted by molar-refractivity contribution is 7.99. The number of nitrogens with one attached hydrogen (secondary N) is 1. The van der Waals surface area contributed by atoms with Crippen LogP contribution in [0.1, 0.15) is 29.8 Å². The zero-order valence-electron chi connectivity index (χ0n) is 11.5. The van der Waals surface area contributed by atoms with Gasteiger partial charge in [-0.15, -0.1) is 0 Å². The van der Waals surface area contributed by atoms with Crippen molar-refractivity contribution in [2.45, 2.75) is 36.9 Å². The normalized spacial score (nSPS) is 12.4. The van der Waals surface area contributed by atoms with Crippen molar-refractivity contribution in [1.29, 1.82) is 0 Å². The number of aromatic amines is 1. The number of aromatic nitrogens is 2. The Kier molecular flexibility index (Phi) is 4.25. The summed E-state index contributed by atoms with van der Waals surface area (Å²) in [6, 6.07) is 4.29. The molecule has 106 valence electrons. The summed E-state index contributed by atoms with van der Waals surface area (Å²) in [6.07, 6.45) is 0. The minimum atomic E-state index is -0.302. The number of rotatable bonds is 3. The Bertz CT molecular complexity index is 697. The van der Waals surface area contributed by atoms with E-state index in [2.05, 4.69) is 9.97 Å². The summed E-state index contributed by atoms with van der Waals surface area (Å²) < 4.78 is 13.6. The Morgan fingerprint density at radius 2 is 2.05 bits per heavy atom. The first-order valence-corrected chi connectivity index (χ1v) is 7.00. The zero-order valence-corrected chi connectivity index (χ0v) is 12.3. The third-order valence-corrected chi connectivity index (χ3v) is 3.80. The molecule has 6 heteroatoms. The van der Waals surface area contributed by atoms with E-state index >= 15 is 0 Å². The third kappa shape index (κ3) is 3.26. The molecule has 0 amide bonds. The van der Waals surface area contributed by atoms with Crippen LogP contribution in [0.15, 0.2) is 33.0 Å². The fourth-order valence-corrected chi connectivity index (χ4v) is 2.97. The van der Waals surface area contributed by atoms with Crippen LogP contribution in [0.3, 0.4) is 0 Å². The summed E-state index contributed by atoms with van der Waals surface area (Å²) in [5.74, 6) is -0.285. The Balaban J connectivity index is 2.47. The van der Waals surface area contributed by atoms with Gasteiger partial charge in [-0.1, -0.05) is 11.8 Å². The van der Waals surface area contributed by atoms with Crippen LogP contribution >= 0.6 is 11.8 Å². The molecule has 0 spiro atoms. The van der Waals surface area contributed by atoms with Gasteiger partial charge in [0, 0.05) is 22.7 Å². The maximum Gasteiger partial charge on any atom is 0.251 e. The number of hydrogen-bond donors (Lipinski definition) is 2. The minimum Gasteiger partial charge on any atom is -0.324 e. The lowest BCUT2D eigenvalue weighted by Gasteiger charge is -2.13. The summed E-state index contributed by atoms with van der Waals surface area (Å²) in [5, 5.41) is 0.475. The molecule has 0 radical (unpaired) electrons. The van der Waals surface area contributed by atoms with E-state index < -0.39 is 0 Å². The largest absolute Gasteiger partial charge is 0.324 e. The van der Waals surface area contributed by atoms with Crippen molar-refractivity contribution in [3.05, 3.63) is 51.2 Å². The molecular weight excluding hydrogens is 277 g/mol. The van der Waals surface area contributed by atoms with Gasteiger partial charge in [-0.3, -0.25) is 4.79 Å². The molecule has 1 aromatic heterocycles. The summed E-state index contributed by atoms with van der Waals surface area (Å²) in [4.78, 5) is 19.2. The van der Waals surface area contributed by atoms with Crippen LogP contribution in [0.5, 0.6) is 0 Å². The molecule has 2 aromatic rings. The molecule has 4 nitrogen and oxygen atoms in total. The number of benzene rings is 1. The summed E-state index contributed by atoms with van der Waals surface area (Å²) in [7, 11) is 0. The highest BCUT2D eigenvalue weighted by Gasteiger charge is 2.13. The average molecular weight is 293 g/mol. The van der Waals surface area contributed by atoms with Crippen molar-refractivity contribution >= 4 is 11.8 Å². The lowest BCUT2D eigenvalue weighted by atomic mass is 10.1. The monoisotopic (exact) mass is 293 g/mol. The Labute approximate surface area is 120 Å². The SMILES string of the molecule is Cc1cc(=O)[nH]c(Sc2cc(C)c(F)cc2C(C)N)n1. The van der Waals surface area contributed by atoms with Crippen LogP contribution in [0.4, 0.5) is 4.39 Å². The number of H-pyrrole nitrogens is 1. The van der Waals surface area contributed by atoms with E-state index in [1.807, 2.05) is 0 Å². The Morgan fingerprint density at radius 1 is 1.35 bits per heavy atom. The van der Waals surface area contributed by atoms with E-state index in [1.165, 1.54) is 23.9 Å². The molecule has 1 atom stereocenters. The second-order valence-corrected chi connectivity index (χ2v) is 5.75. The van der Waals surface area contributed by atoms with Crippen LogP contribution < -0.4 is 11.3 Å². The van der Waals surface area contributed by atoms with Crippen molar-refractivity contribution in [3.63, 3.8) is 0 Å². The van der Waals surface area contributed by atoms with Gasteiger partial charge in [-0.25, -0.2) is 9.37 Å². The fourth-order valence-electron chi connectivity index (χ4n) is 1.82. The maximum atomic E-state index is 13.6. The second kappa shape index (κ2) is 5.76. The molecule has 0 saturated carbocycles. The molecule has 0 saturated heterocycles. The molecule has 0 fully saturated rings. The number of nitrogens with zero attached hydrogens (tertiary/aromatic N) is 1. The van der Waals surface area contributed by atoms with Gasteiger partial charge in [-0.2, -0.15) is 0 Å². The molecule has 20 heavy (non-hydrogen) atoms. The predicted octanol–water partition coefficient (Wildman–Crippen LogP) is 2.70. The van der Waals surface area contributed by atoms with E-state index in [0.29, 0.717) is 22.0 Å². The van der Waals surface area contributed by atoms with Gasteiger partial charge in [0.25, 0.3) is 5.56 Å². The van der Waals surface area contributed by atoms with Crippen molar-refractivity contribution in [1.82, 2.24) is 9.97 Å². The van der Waals surface area contributed by atoms with Crippen molar-refractivity contribution in [2.75, 3.05) is 0 Å². The van der Waals surface area contributed by atoms with Gasteiger partial charge in [0.1, 0.15) is 5.82 Å². The van der Waals surface area contributed by atoms with Crippen LogP contribution in [-0.2, 0) is 0 Å². The van der Waals surface area contributed by atoms with Crippen molar-refractivity contribution < 1.29 is 4.39 Å². The smallest absolute Gasteiger partial charge is 0.251 e. The lowest BCUT2D eigenvalue weighted by Crippen LogP contribution is -2.10. The van der Waals surface area contributed by atoms with E-state index in [-0.39, 0.29) is 17.4 Å². The molecule has 1 heterocycles. The highest BCUT2D eigenvalue weighted by Crippen LogP contribution is 2.32. The molecule has 0 aliphatic heterocycles. The molecule has 0 aliphatic rings. The van der Waals surface area contributed by atoms with E-state index in [1.54, 1.807) is 26.8 Å². The van der Waals surface area contributed by atoms with Gasteiger partial charge >= 0.3 is 0 Å². The first kappa shape index (κ1) is 14.7. The van der Waals surface area contributed by atoms with Crippen LogP contribution in [0.25, 0.3) is 0 Å². The van der Waals surface area contributed by atoms with E-state index in [0.717, 1.165) is 4.90 Å². The third-order valence-electron chi connectivity index (χ3n) is 2.84. The van der Waals surface area contributed by atoms with Crippen molar-refractivity contribution in [3.8, 4) is 0 Å². The Morgan fingerprint density at radius 3 is 2.65 bits per heavy atom. The molecule has 1 aromatic carbocycles. The lowest BCUT2D eigenvalue weighted by molar-refractivity contribution is 0.610. The first-order chi connectivity index (χ1) is 9.36. The van der Waals surface area contributed by atoms with Crippen LogP contribution in [-0.4, -0.2) is 9.97 Å². The molecule has 1 unspecified atom stereocenters. The van der Waals surface area contributed by atoms with Gasteiger partial charge in [-0.05, 0) is 44.0 Å². The van der Waals surface area contributed by atoms with E-state index in [9.17, 15) is 9.18 Å². The summed E-state index contributed by atoms with van der Waals surface area (Å²) in [6.45, 7) is 5.24. The fraction of sp³-hybridized carbons (Fsp3) is 0.286. The molecule has 2 rings (SSSR count). The predicted molar refractivity (Wildman–Crippen MR) is 77.5 cm³/mol. The number of aryl methyl sites for hydroxylation is 2. The van der Waals surface area contributed by atoms with Crippen LogP contribution in [0.2, 0.25) is 0 Å². The zero-order chi connectivity index (χ0) is 14.9. The molecule has 3 N–H and O–H groups in total. The van der Waals surface area contributed by atoms with Gasteiger partial charge < -0.3 is 10.7 Å². The second-order valence-electron chi connectivity index (χ2n) is 4.72. The highest BCUT2D eigenvalue weighted by atomic mass is 32.2. The first-order valence-electron chi connectivity index (χ1n) is 6.18. The maximum absolute atomic E-state index is 13.6. The molecular formula is C14H16FN3OS.